The van der Waals surface area contributed by atoms with Gasteiger partial charge in [-0.25, -0.2) is 4.79 Å². The lowest BCUT2D eigenvalue weighted by atomic mass is 10.3. The summed E-state index contributed by atoms with van der Waals surface area (Å²) in [5.74, 6) is 0.0978. The van der Waals surface area contributed by atoms with Crippen LogP contribution in [0.4, 0.5) is 0 Å². The van der Waals surface area contributed by atoms with Crippen LogP contribution in [0.3, 0.4) is 0 Å². The molecule has 4 heteroatoms. The first-order chi connectivity index (χ1) is 6.72. The average molecular weight is 194 g/mol. The van der Waals surface area contributed by atoms with E-state index >= 15 is 0 Å². The van der Waals surface area contributed by atoms with Crippen molar-refractivity contribution in [2.75, 3.05) is 0 Å². The molecule has 0 aromatic carbocycles. The zero-order chi connectivity index (χ0) is 10.1. The number of carbonyl (C=O) groups is 1. The van der Waals surface area contributed by atoms with Crippen molar-refractivity contribution in [3.05, 3.63) is 22.9 Å². The molecule has 0 amide bonds. The van der Waals surface area contributed by atoms with Gasteiger partial charge in [0.1, 0.15) is 0 Å². The Labute approximate surface area is 82.2 Å². The molecule has 4 nitrogen and oxygen atoms in total. The monoisotopic (exact) mass is 194 g/mol. The minimum atomic E-state index is -0.0469. The van der Waals surface area contributed by atoms with Gasteiger partial charge in [0.25, 0.3) is 0 Å². The van der Waals surface area contributed by atoms with Crippen LogP contribution >= 0.6 is 0 Å². The predicted octanol–water partition coefficient (Wildman–Crippen LogP) is 0.964. The molecule has 0 N–H and O–H groups in total. The van der Waals surface area contributed by atoms with Crippen LogP contribution < -0.4 is 5.69 Å². The minimum Gasteiger partial charge on any atom is -0.298 e. The fraction of sp³-hybridized carbons (Fsp3) is 0.600. The normalized spacial score (nSPS) is 15.8. The Bertz CT molecular complexity index is 398. The van der Waals surface area contributed by atoms with Crippen LogP contribution in [-0.4, -0.2) is 14.9 Å². The number of rotatable bonds is 4. The SMILES string of the molecule is CCC(=O)Cn1ccn(C2CC2)c1=O. The van der Waals surface area contributed by atoms with Crippen molar-refractivity contribution in [3.63, 3.8) is 0 Å². The van der Waals surface area contributed by atoms with Gasteiger partial charge in [-0.1, -0.05) is 6.92 Å². The van der Waals surface area contributed by atoms with Crippen molar-refractivity contribution >= 4 is 5.78 Å². The lowest BCUT2D eigenvalue weighted by Gasteiger charge is -1.98. The number of hydrogen-bond donors (Lipinski definition) is 0. The van der Waals surface area contributed by atoms with Gasteiger partial charge in [-0.15, -0.1) is 0 Å². The summed E-state index contributed by atoms with van der Waals surface area (Å²) in [6.07, 6.45) is 6.15. The van der Waals surface area contributed by atoms with E-state index in [1.807, 2.05) is 6.92 Å². The maximum Gasteiger partial charge on any atom is 0.328 e. The molecule has 1 aliphatic carbocycles. The molecule has 0 atom stereocenters. The molecule has 0 aliphatic heterocycles. The molecule has 0 spiro atoms. The molecule has 14 heavy (non-hydrogen) atoms. The van der Waals surface area contributed by atoms with Crippen LogP contribution in [0.5, 0.6) is 0 Å². The fourth-order valence-corrected chi connectivity index (χ4v) is 1.48. The topological polar surface area (TPSA) is 44.0 Å². The fourth-order valence-electron chi connectivity index (χ4n) is 1.48. The van der Waals surface area contributed by atoms with E-state index in [1.54, 1.807) is 17.0 Å². The van der Waals surface area contributed by atoms with Gasteiger partial charge < -0.3 is 0 Å². The highest BCUT2D eigenvalue weighted by molar-refractivity contribution is 5.77. The summed E-state index contributed by atoms with van der Waals surface area (Å²) in [5.41, 5.74) is -0.0469. The van der Waals surface area contributed by atoms with E-state index in [0.29, 0.717) is 12.5 Å². The molecule has 1 fully saturated rings. The van der Waals surface area contributed by atoms with E-state index in [0.717, 1.165) is 12.8 Å². The first-order valence-electron chi connectivity index (χ1n) is 5.01. The Kier molecular flexibility index (Phi) is 2.27. The van der Waals surface area contributed by atoms with Gasteiger partial charge in [-0.05, 0) is 12.8 Å². The Balaban J connectivity index is 2.18. The van der Waals surface area contributed by atoms with Gasteiger partial charge in [0.05, 0.1) is 6.54 Å². The van der Waals surface area contributed by atoms with Gasteiger partial charge in [0, 0.05) is 24.9 Å². The molecule has 0 unspecified atom stereocenters. The van der Waals surface area contributed by atoms with Crippen LogP contribution in [0.1, 0.15) is 32.2 Å². The van der Waals surface area contributed by atoms with E-state index in [4.69, 9.17) is 0 Å². The van der Waals surface area contributed by atoms with Crippen LogP contribution in [0, 0.1) is 0 Å². The van der Waals surface area contributed by atoms with Crippen molar-refractivity contribution in [2.24, 2.45) is 0 Å². The van der Waals surface area contributed by atoms with E-state index in [9.17, 15) is 9.59 Å². The maximum absolute atomic E-state index is 11.7. The number of nitrogens with zero attached hydrogens (tertiary/aromatic N) is 2. The minimum absolute atomic E-state index is 0.0469. The van der Waals surface area contributed by atoms with E-state index in [2.05, 4.69) is 0 Å². The molecular weight excluding hydrogens is 180 g/mol. The summed E-state index contributed by atoms with van der Waals surface area (Å²) >= 11 is 0. The third-order valence-electron chi connectivity index (χ3n) is 2.56. The van der Waals surface area contributed by atoms with Crippen LogP contribution in [0.2, 0.25) is 0 Å². The molecule has 1 aromatic rings. The first kappa shape index (κ1) is 9.24. The average Bonchev–Trinajstić information content (AvgIpc) is 2.95. The Morgan fingerprint density at radius 1 is 1.50 bits per heavy atom. The number of aromatic nitrogens is 2. The molecule has 1 aromatic heterocycles. The highest BCUT2D eigenvalue weighted by Crippen LogP contribution is 2.33. The largest absolute Gasteiger partial charge is 0.328 e. The van der Waals surface area contributed by atoms with Crippen molar-refractivity contribution in [1.82, 2.24) is 9.13 Å². The highest BCUT2D eigenvalue weighted by Gasteiger charge is 2.25. The van der Waals surface area contributed by atoms with Gasteiger partial charge in [0.15, 0.2) is 5.78 Å². The third-order valence-corrected chi connectivity index (χ3v) is 2.56. The summed E-state index contributed by atoms with van der Waals surface area (Å²) in [4.78, 5) is 22.8. The predicted molar refractivity (Wildman–Crippen MR) is 52.3 cm³/mol. The molecule has 1 heterocycles. The Morgan fingerprint density at radius 2 is 2.21 bits per heavy atom. The number of ketones is 1. The summed E-state index contributed by atoms with van der Waals surface area (Å²) in [6, 6.07) is 0.389. The Hall–Kier alpha value is -1.32. The number of carbonyl (C=O) groups excluding carboxylic acids is 1. The van der Waals surface area contributed by atoms with Crippen LogP contribution in [-0.2, 0) is 11.3 Å². The molecule has 1 aliphatic rings. The van der Waals surface area contributed by atoms with Gasteiger partial charge in [-0.3, -0.25) is 13.9 Å². The highest BCUT2D eigenvalue weighted by atomic mass is 16.2. The van der Waals surface area contributed by atoms with Gasteiger partial charge >= 0.3 is 5.69 Å². The molecule has 0 bridgehead atoms. The zero-order valence-corrected chi connectivity index (χ0v) is 8.27. The zero-order valence-electron chi connectivity index (χ0n) is 8.27. The lowest BCUT2D eigenvalue weighted by Crippen LogP contribution is -2.26. The Morgan fingerprint density at radius 3 is 2.79 bits per heavy atom. The second-order valence-electron chi connectivity index (χ2n) is 3.74. The third kappa shape index (κ3) is 1.64. The second-order valence-corrected chi connectivity index (χ2v) is 3.74. The van der Waals surface area contributed by atoms with E-state index < -0.39 is 0 Å². The summed E-state index contributed by atoms with van der Waals surface area (Å²) in [6.45, 7) is 2.03. The molecule has 0 radical (unpaired) electrons. The quantitative estimate of drug-likeness (QED) is 0.716. The smallest absolute Gasteiger partial charge is 0.298 e. The standard InChI is InChI=1S/C10H14N2O2/c1-2-9(13)7-11-5-6-12(10(11)14)8-3-4-8/h5-6,8H,2-4,7H2,1H3. The summed E-state index contributed by atoms with van der Waals surface area (Å²) in [7, 11) is 0. The number of hydrogen-bond acceptors (Lipinski definition) is 2. The van der Waals surface area contributed by atoms with Crippen molar-refractivity contribution in [2.45, 2.75) is 38.8 Å². The molecule has 1 saturated carbocycles. The second kappa shape index (κ2) is 3.44. The number of Topliss-reactive ketones (excluding diaryl/α,β-unsaturated/α-hetero) is 1. The van der Waals surface area contributed by atoms with E-state index in [1.165, 1.54) is 4.57 Å². The maximum atomic E-state index is 11.7. The molecule has 76 valence electrons. The van der Waals surface area contributed by atoms with Gasteiger partial charge in [-0.2, -0.15) is 0 Å². The summed E-state index contributed by atoms with van der Waals surface area (Å²) in [5, 5.41) is 0. The molecule has 0 saturated heterocycles. The summed E-state index contributed by atoms with van der Waals surface area (Å²) < 4.78 is 3.22. The van der Waals surface area contributed by atoms with Crippen molar-refractivity contribution in [1.29, 1.82) is 0 Å². The van der Waals surface area contributed by atoms with Crippen molar-refractivity contribution < 1.29 is 4.79 Å². The van der Waals surface area contributed by atoms with E-state index in [-0.39, 0.29) is 18.0 Å². The van der Waals surface area contributed by atoms with Gasteiger partial charge in [0.2, 0.25) is 0 Å². The van der Waals surface area contributed by atoms with Crippen molar-refractivity contribution in [3.8, 4) is 0 Å². The van der Waals surface area contributed by atoms with Crippen LogP contribution in [0.25, 0.3) is 0 Å². The first-order valence-corrected chi connectivity index (χ1v) is 5.01. The molecule has 2 rings (SSSR count). The lowest BCUT2D eigenvalue weighted by molar-refractivity contribution is -0.119. The molecular formula is C10H14N2O2. The number of imidazole rings is 1. The van der Waals surface area contributed by atoms with Crippen LogP contribution in [0.15, 0.2) is 17.2 Å².